The molecule has 158 valence electrons. The average molecular weight is 400 g/mol. The van der Waals surface area contributed by atoms with Crippen LogP contribution in [0.3, 0.4) is 0 Å². The Morgan fingerprint density at radius 1 is 1.10 bits per heavy atom. The van der Waals surface area contributed by atoms with E-state index in [1.807, 2.05) is 36.4 Å². The maximum Gasteiger partial charge on any atom is 0.269 e. The first kappa shape index (κ1) is 21.5. The summed E-state index contributed by atoms with van der Waals surface area (Å²) in [4.78, 5) is 4.84. The molecule has 29 heavy (non-hydrogen) atoms. The Labute approximate surface area is 173 Å². The van der Waals surface area contributed by atoms with Crippen LogP contribution in [-0.2, 0) is 9.47 Å². The number of rotatable bonds is 10. The number of benzene rings is 1. The normalized spacial score (nSPS) is 20.0. The fourth-order valence-corrected chi connectivity index (χ4v) is 3.21. The molecule has 0 radical (unpaired) electrons. The van der Waals surface area contributed by atoms with E-state index in [-0.39, 0.29) is 0 Å². The molecule has 1 aromatic carbocycles. The van der Waals surface area contributed by atoms with Crippen LogP contribution in [0.1, 0.15) is 58.8 Å². The molecule has 0 N–H and O–H groups in total. The summed E-state index contributed by atoms with van der Waals surface area (Å²) in [6.07, 6.45) is 8.73. The maximum atomic E-state index is 6.10. The third-order valence-electron chi connectivity index (χ3n) is 4.87. The molecule has 1 atom stereocenters. The minimum Gasteiger partial charge on any atom is -0.478 e. The predicted octanol–water partition coefficient (Wildman–Crippen LogP) is 4.62. The van der Waals surface area contributed by atoms with E-state index in [2.05, 4.69) is 18.9 Å². The summed E-state index contributed by atoms with van der Waals surface area (Å²) >= 11 is 0. The molecule has 0 bridgehead atoms. The topological polar surface area (TPSA) is 57.9 Å². The van der Waals surface area contributed by atoms with Crippen LogP contribution < -0.4 is 10.1 Å². The van der Waals surface area contributed by atoms with Crippen molar-refractivity contribution in [3.05, 3.63) is 48.0 Å². The van der Waals surface area contributed by atoms with E-state index in [0.717, 1.165) is 50.6 Å². The van der Waals surface area contributed by atoms with Gasteiger partial charge in [-0.25, -0.2) is 9.67 Å². The van der Waals surface area contributed by atoms with E-state index in [0.29, 0.717) is 31.1 Å². The average Bonchev–Trinajstić information content (AvgIpc) is 2.76. The van der Waals surface area contributed by atoms with E-state index in [4.69, 9.17) is 19.2 Å². The summed E-state index contributed by atoms with van der Waals surface area (Å²) in [6.45, 7) is 6.25. The zero-order valence-electron chi connectivity index (χ0n) is 17.7. The van der Waals surface area contributed by atoms with Gasteiger partial charge in [0, 0.05) is 12.5 Å². The summed E-state index contributed by atoms with van der Waals surface area (Å²) < 4.78 is 20.0. The van der Waals surface area contributed by atoms with Crippen molar-refractivity contribution in [1.29, 1.82) is 0 Å². The Morgan fingerprint density at radius 2 is 1.90 bits per heavy atom. The van der Waals surface area contributed by atoms with E-state index in [1.54, 1.807) is 10.9 Å². The van der Waals surface area contributed by atoms with Crippen molar-refractivity contribution in [1.82, 2.24) is 9.78 Å². The van der Waals surface area contributed by atoms with Crippen LogP contribution in [0.15, 0.2) is 47.6 Å². The van der Waals surface area contributed by atoms with Gasteiger partial charge >= 0.3 is 0 Å². The van der Waals surface area contributed by atoms with E-state index in [1.165, 1.54) is 0 Å². The van der Waals surface area contributed by atoms with Gasteiger partial charge in [0.05, 0.1) is 37.1 Å². The first-order valence-corrected chi connectivity index (χ1v) is 10.9. The second-order valence-electron chi connectivity index (χ2n) is 7.33. The largest absolute Gasteiger partial charge is 0.478 e. The van der Waals surface area contributed by atoms with Gasteiger partial charge < -0.3 is 14.2 Å². The molecule has 0 aliphatic carbocycles. The smallest absolute Gasteiger partial charge is 0.269 e. The highest BCUT2D eigenvalue weighted by Gasteiger charge is 2.33. The first-order chi connectivity index (χ1) is 14.3. The van der Waals surface area contributed by atoms with Gasteiger partial charge in [-0.1, -0.05) is 44.9 Å². The van der Waals surface area contributed by atoms with E-state index < -0.39 is 5.91 Å². The van der Waals surface area contributed by atoms with Crippen LogP contribution in [0.25, 0.3) is 5.69 Å². The number of nitrogens with zero attached hydrogens (tertiary/aromatic N) is 3. The zero-order valence-corrected chi connectivity index (χ0v) is 17.7. The first-order valence-electron chi connectivity index (χ1n) is 10.9. The van der Waals surface area contributed by atoms with Crippen LogP contribution in [0.4, 0.5) is 0 Å². The van der Waals surface area contributed by atoms with Crippen LogP contribution in [0.2, 0.25) is 0 Å². The Morgan fingerprint density at radius 3 is 2.62 bits per heavy atom. The predicted molar refractivity (Wildman–Crippen MR) is 113 cm³/mol. The number of ether oxygens (including phenoxy) is 3. The van der Waals surface area contributed by atoms with Crippen LogP contribution >= 0.6 is 0 Å². The fourth-order valence-electron chi connectivity index (χ4n) is 3.21. The lowest BCUT2D eigenvalue weighted by Crippen LogP contribution is -2.39. The number of unbranched alkanes of at least 4 members (excludes halogenated alkanes) is 2. The Kier molecular flexibility index (Phi) is 8.25. The third kappa shape index (κ3) is 6.15. The van der Waals surface area contributed by atoms with Crippen molar-refractivity contribution in [3.63, 3.8) is 0 Å². The molecule has 6 heteroatoms. The lowest BCUT2D eigenvalue weighted by molar-refractivity contribution is -0.252. The van der Waals surface area contributed by atoms with Crippen molar-refractivity contribution < 1.29 is 14.2 Å². The number of hydrogen-bond acceptors (Lipinski definition) is 5. The fraction of sp³-hybridized carbons (Fsp3) is 0.565. The molecule has 1 unspecified atom stereocenters. The van der Waals surface area contributed by atoms with Crippen molar-refractivity contribution in [3.8, 4) is 11.6 Å². The van der Waals surface area contributed by atoms with Gasteiger partial charge in [-0.15, -0.1) is 0 Å². The summed E-state index contributed by atoms with van der Waals surface area (Å²) in [6, 6.07) is 11.9. The minimum absolute atomic E-state index is 0.642. The van der Waals surface area contributed by atoms with Gasteiger partial charge in [0.1, 0.15) is 0 Å². The molecular weight excluding hydrogens is 366 g/mol. The summed E-state index contributed by atoms with van der Waals surface area (Å²) in [5, 5.41) is 5.32. The lowest BCUT2D eigenvalue weighted by atomic mass is 10.1. The molecule has 3 rings (SSSR count). The highest BCUT2D eigenvalue weighted by Crippen LogP contribution is 2.28. The molecule has 1 aliphatic heterocycles. The molecular formula is C23H33N3O3. The van der Waals surface area contributed by atoms with Gasteiger partial charge in [0.15, 0.2) is 0 Å². The van der Waals surface area contributed by atoms with Gasteiger partial charge in [-0.2, -0.15) is 5.10 Å². The number of hydrogen-bond donors (Lipinski definition) is 0. The molecule has 2 heterocycles. The summed E-state index contributed by atoms with van der Waals surface area (Å²) in [7, 11) is 0. The molecule has 6 nitrogen and oxygen atoms in total. The zero-order chi connectivity index (χ0) is 20.4. The third-order valence-corrected chi connectivity index (χ3v) is 4.87. The van der Waals surface area contributed by atoms with Gasteiger partial charge in [-0.05, 0) is 37.8 Å². The molecule has 0 saturated carbocycles. The van der Waals surface area contributed by atoms with Gasteiger partial charge in [-0.3, -0.25) is 0 Å². The molecule has 1 saturated heterocycles. The standard InChI is InChI=1S/C23H33N3O3/c1-3-5-15-27-22-18-20(19-24-26(22)21-12-8-7-9-13-21)25-23(28-16-6-4-2)14-10-11-17-29-23/h7-9,12-13,18-19H,3-6,10-11,14-17H2,1-2H3/b25-20-. The SMILES string of the molecule is CCCCOc1c/c(=N/C2(OCCCC)CCCCO2)cnn1-c1ccccc1. The van der Waals surface area contributed by atoms with E-state index >= 15 is 0 Å². The number of aromatic nitrogens is 2. The monoisotopic (exact) mass is 399 g/mol. The Balaban J connectivity index is 1.93. The summed E-state index contributed by atoms with van der Waals surface area (Å²) in [5.74, 6) is -0.236. The maximum absolute atomic E-state index is 6.10. The molecule has 1 fully saturated rings. The molecule has 1 aliphatic rings. The lowest BCUT2D eigenvalue weighted by Gasteiger charge is -2.33. The highest BCUT2D eigenvalue weighted by atomic mass is 16.7. The van der Waals surface area contributed by atoms with Crippen molar-refractivity contribution >= 4 is 0 Å². The second kappa shape index (κ2) is 11.1. The van der Waals surface area contributed by atoms with Crippen LogP contribution in [-0.4, -0.2) is 35.5 Å². The molecule has 0 spiro atoms. The van der Waals surface area contributed by atoms with Crippen LogP contribution in [0, 0.1) is 0 Å². The van der Waals surface area contributed by atoms with Gasteiger partial charge in [0.25, 0.3) is 5.91 Å². The van der Waals surface area contributed by atoms with Gasteiger partial charge in [0.2, 0.25) is 5.88 Å². The van der Waals surface area contributed by atoms with E-state index in [9.17, 15) is 0 Å². The minimum atomic E-state index is -0.908. The second-order valence-corrected chi connectivity index (χ2v) is 7.33. The van der Waals surface area contributed by atoms with Crippen LogP contribution in [0.5, 0.6) is 5.88 Å². The number of para-hydroxylation sites is 1. The Bertz CT molecular complexity index is 799. The Hall–Kier alpha value is -2.18. The van der Waals surface area contributed by atoms with Crippen molar-refractivity contribution in [2.45, 2.75) is 64.7 Å². The van der Waals surface area contributed by atoms with Crippen molar-refractivity contribution in [2.75, 3.05) is 19.8 Å². The summed E-state index contributed by atoms with van der Waals surface area (Å²) in [5.41, 5.74) is 0.952. The quantitative estimate of drug-likeness (QED) is 0.547. The van der Waals surface area contributed by atoms with Crippen molar-refractivity contribution in [2.24, 2.45) is 4.99 Å². The molecule has 2 aromatic rings. The molecule has 0 amide bonds. The molecule has 1 aromatic heterocycles. The highest BCUT2D eigenvalue weighted by molar-refractivity contribution is 5.33.